The van der Waals surface area contributed by atoms with E-state index in [1.54, 1.807) is 12.1 Å². The van der Waals surface area contributed by atoms with E-state index in [0.717, 1.165) is 15.6 Å². The number of carbonyl (C=O) groups is 2. The molecule has 2 aromatic carbocycles. The lowest BCUT2D eigenvalue weighted by atomic mass is 10.1. The summed E-state index contributed by atoms with van der Waals surface area (Å²) in [7, 11) is 0. The second-order valence-electron chi connectivity index (χ2n) is 4.94. The number of hydrogen-bond donors (Lipinski definition) is 2. The number of hydrogen-bond acceptors (Lipinski definition) is 2. The van der Waals surface area contributed by atoms with Gasteiger partial charge in [-0.1, -0.05) is 40.2 Å². The summed E-state index contributed by atoms with van der Waals surface area (Å²) in [5, 5.41) is 5.35. The molecular weight excluding hydrogens is 344 g/mol. The van der Waals surface area contributed by atoms with E-state index >= 15 is 0 Å². The SMILES string of the molecule is Cc1ccccc1CC(=O)NCC(=O)Nc1ccc(Br)cc1. The minimum atomic E-state index is -0.250. The van der Waals surface area contributed by atoms with Crippen molar-refractivity contribution in [3.63, 3.8) is 0 Å². The Balaban J connectivity index is 1.79. The Labute approximate surface area is 138 Å². The maximum atomic E-state index is 11.9. The smallest absolute Gasteiger partial charge is 0.243 e. The molecule has 0 heterocycles. The van der Waals surface area contributed by atoms with E-state index in [-0.39, 0.29) is 24.8 Å². The van der Waals surface area contributed by atoms with Crippen molar-refractivity contribution in [1.29, 1.82) is 0 Å². The fourth-order valence-electron chi connectivity index (χ4n) is 1.96. The number of halogens is 1. The predicted molar refractivity (Wildman–Crippen MR) is 90.7 cm³/mol. The molecule has 2 N–H and O–H groups in total. The Morgan fingerprint density at radius 2 is 1.68 bits per heavy atom. The molecule has 0 fully saturated rings. The molecule has 22 heavy (non-hydrogen) atoms. The highest BCUT2D eigenvalue weighted by Crippen LogP contribution is 2.13. The molecule has 0 unspecified atom stereocenters. The van der Waals surface area contributed by atoms with Crippen LogP contribution in [0.25, 0.3) is 0 Å². The molecule has 0 saturated carbocycles. The van der Waals surface area contributed by atoms with Gasteiger partial charge in [-0.2, -0.15) is 0 Å². The molecule has 0 aliphatic carbocycles. The van der Waals surface area contributed by atoms with Crippen molar-refractivity contribution in [2.45, 2.75) is 13.3 Å². The van der Waals surface area contributed by atoms with E-state index in [1.807, 2.05) is 43.3 Å². The summed E-state index contributed by atoms with van der Waals surface area (Å²) in [4.78, 5) is 23.7. The van der Waals surface area contributed by atoms with Crippen molar-refractivity contribution in [3.8, 4) is 0 Å². The molecule has 0 saturated heterocycles. The molecule has 4 nitrogen and oxygen atoms in total. The van der Waals surface area contributed by atoms with Crippen molar-refractivity contribution in [2.24, 2.45) is 0 Å². The third-order valence-corrected chi connectivity index (χ3v) is 3.72. The Hall–Kier alpha value is -2.14. The number of benzene rings is 2. The molecule has 2 rings (SSSR count). The first-order chi connectivity index (χ1) is 10.5. The van der Waals surface area contributed by atoms with Crippen LogP contribution in [0.5, 0.6) is 0 Å². The van der Waals surface area contributed by atoms with Gasteiger partial charge in [-0.3, -0.25) is 9.59 Å². The Bertz CT molecular complexity index is 669. The third-order valence-electron chi connectivity index (χ3n) is 3.19. The summed E-state index contributed by atoms with van der Waals surface area (Å²) in [6.45, 7) is 1.92. The van der Waals surface area contributed by atoms with Crippen molar-refractivity contribution >= 4 is 33.4 Å². The van der Waals surface area contributed by atoms with Gasteiger partial charge in [0.25, 0.3) is 0 Å². The Morgan fingerprint density at radius 1 is 1.00 bits per heavy atom. The topological polar surface area (TPSA) is 58.2 Å². The number of amides is 2. The summed E-state index contributed by atoms with van der Waals surface area (Å²) in [5.41, 5.74) is 2.73. The first kappa shape index (κ1) is 16.2. The zero-order chi connectivity index (χ0) is 15.9. The first-order valence-corrected chi connectivity index (χ1v) is 7.70. The van der Waals surface area contributed by atoms with E-state index in [0.29, 0.717) is 5.69 Å². The quantitative estimate of drug-likeness (QED) is 0.860. The van der Waals surface area contributed by atoms with Gasteiger partial charge in [-0.25, -0.2) is 0 Å². The van der Waals surface area contributed by atoms with Gasteiger partial charge in [0.1, 0.15) is 0 Å². The van der Waals surface area contributed by atoms with Crippen molar-refractivity contribution in [1.82, 2.24) is 5.32 Å². The summed E-state index contributed by atoms with van der Waals surface area (Å²) < 4.78 is 0.942. The van der Waals surface area contributed by atoms with Gasteiger partial charge in [-0.05, 0) is 42.3 Å². The van der Waals surface area contributed by atoms with E-state index in [2.05, 4.69) is 26.6 Å². The van der Waals surface area contributed by atoms with Crippen LogP contribution in [0.2, 0.25) is 0 Å². The molecule has 5 heteroatoms. The monoisotopic (exact) mass is 360 g/mol. The number of carbonyl (C=O) groups excluding carboxylic acids is 2. The molecule has 0 aliphatic heterocycles. The number of nitrogens with one attached hydrogen (secondary N) is 2. The number of rotatable bonds is 5. The molecule has 2 aromatic rings. The average Bonchev–Trinajstić information content (AvgIpc) is 2.50. The van der Waals surface area contributed by atoms with Crippen LogP contribution in [-0.4, -0.2) is 18.4 Å². The lowest BCUT2D eigenvalue weighted by Gasteiger charge is -2.08. The maximum Gasteiger partial charge on any atom is 0.243 e. The zero-order valence-electron chi connectivity index (χ0n) is 12.2. The second-order valence-corrected chi connectivity index (χ2v) is 5.85. The normalized spacial score (nSPS) is 10.1. The van der Waals surface area contributed by atoms with Crippen molar-refractivity contribution in [2.75, 3.05) is 11.9 Å². The Kier molecular flexibility index (Phi) is 5.72. The van der Waals surface area contributed by atoms with E-state index in [1.165, 1.54) is 0 Å². The molecule has 0 aliphatic rings. The first-order valence-electron chi connectivity index (χ1n) is 6.91. The Morgan fingerprint density at radius 3 is 2.36 bits per heavy atom. The van der Waals surface area contributed by atoms with Crippen LogP contribution in [0.1, 0.15) is 11.1 Å². The van der Waals surface area contributed by atoms with E-state index in [9.17, 15) is 9.59 Å². The molecule has 0 bridgehead atoms. The van der Waals surface area contributed by atoms with Crippen LogP contribution in [0, 0.1) is 6.92 Å². The molecule has 114 valence electrons. The molecule has 0 spiro atoms. The molecule has 2 amide bonds. The van der Waals surface area contributed by atoms with Gasteiger partial charge >= 0.3 is 0 Å². The summed E-state index contributed by atoms with van der Waals surface area (Å²) in [6, 6.07) is 15.0. The van der Waals surface area contributed by atoms with Gasteiger partial charge < -0.3 is 10.6 Å². The van der Waals surface area contributed by atoms with Crippen LogP contribution in [-0.2, 0) is 16.0 Å². The molecule has 0 radical (unpaired) electrons. The number of aryl methyl sites for hydroxylation is 1. The van der Waals surface area contributed by atoms with E-state index in [4.69, 9.17) is 0 Å². The maximum absolute atomic E-state index is 11.9. The lowest BCUT2D eigenvalue weighted by molar-refractivity contribution is -0.123. The average molecular weight is 361 g/mol. The van der Waals surface area contributed by atoms with Gasteiger partial charge in [0.15, 0.2) is 0 Å². The van der Waals surface area contributed by atoms with Gasteiger partial charge in [0.2, 0.25) is 11.8 Å². The van der Waals surface area contributed by atoms with Crippen molar-refractivity contribution < 1.29 is 9.59 Å². The highest BCUT2D eigenvalue weighted by atomic mass is 79.9. The molecule has 0 atom stereocenters. The summed E-state index contributed by atoms with van der Waals surface area (Å²) >= 11 is 3.33. The zero-order valence-corrected chi connectivity index (χ0v) is 13.8. The third kappa shape index (κ3) is 5.00. The second kappa shape index (κ2) is 7.75. The van der Waals surface area contributed by atoms with Gasteiger partial charge in [-0.15, -0.1) is 0 Å². The molecule has 0 aromatic heterocycles. The lowest BCUT2D eigenvalue weighted by Crippen LogP contribution is -2.33. The standard InChI is InChI=1S/C17H17BrN2O2/c1-12-4-2-3-5-13(12)10-16(21)19-11-17(22)20-15-8-6-14(18)7-9-15/h2-9H,10-11H2,1H3,(H,19,21)(H,20,22). The minimum absolute atomic E-state index is 0.0409. The van der Waals surface area contributed by atoms with E-state index < -0.39 is 0 Å². The summed E-state index contributed by atoms with van der Waals surface area (Å²) in [6.07, 6.45) is 0.276. The fourth-order valence-corrected chi connectivity index (χ4v) is 2.23. The fraction of sp³-hybridized carbons (Fsp3) is 0.176. The minimum Gasteiger partial charge on any atom is -0.347 e. The van der Waals surface area contributed by atoms with Crippen LogP contribution >= 0.6 is 15.9 Å². The van der Waals surface area contributed by atoms with Gasteiger partial charge in [0.05, 0.1) is 13.0 Å². The van der Waals surface area contributed by atoms with Crippen LogP contribution < -0.4 is 10.6 Å². The van der Waals surface area contributed by atoms with Crippen LogP contribution in [0.4, 0.5) is 5.69 Å². The molecular formula is C17H17BrN2O2. The van der Waals surface area contributed by atoms with Crippen LogP contribution in [0.3, 0.4) is 0 Å². The number of anilines is 1. The summed E-state index contributed by atoms with van der Waals surface area (Å²) in [5.74, 6) is -0.416. The highest BCUT2D eigenvalue weighted by Gasteiger charge is 2.08. The van der Waals surface area contributed by atoms with Crippen LogP contribution in [0.15, 0.2) is 53.0 Å². The largest absolute Gasteiger partial charge is 0.347 e. The van der Waals surface area contributed by atoms with Gasteiger partial charge in [0, 0.05) is 10.2 Å². The van der Waals surface area contributed by atoms with Crippen molar-refractivity contribution in [3.05, 3.63) is 64.1 Å². The highest BCUT2D eigenvalue weighted by molar-refractivity contribution is 9.10. The predicted octanol–water partition coefficient (Wildman–Crippen LogP) is 3.05.